The molecule has 2 aromatic heterocycles. The maximum Gasteiger partial charge on any atom is 0.243 e. The zero-order valence-corrected chi connectivity index (χ0v) is 22.3. The van der Waals surface area contributed by atoms with E-state index in [9.17, 15) is 5.11 Å². The van der Waals surface area contributed by atoms with Crippen molar-refractivity contribution >= 4 is 32.4 Å². The van der Waals surface area contributed by atoms with Crippen molar-refractivity contribution in [2.24, 2.45) is 5.92 Å². The fourth-order valence-corrected chi connectivity index (χ4v) is 5.96. The molecule has 5 rings (SSSR count). The summed E-state index contributed by atoms with van der Waals surface area (Å²) in [7, 11) is 2.17. The normalized spacial score (nSPS) is 19.3. The Kier molecular flexibility index (Phi) is 6.84. The highest BCUT2D eigenvalue weighted by atomic mass is 32.2. The lowest BCUT2D eigenvalue weighted by molar-refractivity contribution is 0.377. The number of aromatic nitrogens is 3. The molecule has 1 saturated carbocycles. The molecule has 1 N–H and O–H groups in total. The summed E-state index contributed by atoms with van der Waals surface area (Å²) in [6, 6.07) is 13.0. The van der Waals surface area contributed by atoms with Crippen molar-refractivity contribution < 1.29 is 5.11 Å². The fourth-order valence-electron chi connectivity index (χ4n) is 5.58. The van der Waals surface area contributed by atoms with Gasteiger partial charge in [0.2, 0.25) is 20.7 Å². The van der Waals surface area contributed by atoms with Crippen molar-refractivity contribution in [2.45, 2.75) is 69.7 Å². The van der Waals surface area contributed by atoms with E-state index in [0.717, 1.165) is 36.2 Å². The van der Waals surface area contributed by atoms with E-state index < -0.39 is 0 Å². The third-order valence-corrected chi connectivity index (χ3v) is 8.42. The van der Waals surface area contributed by atoms with Crippen LogP contribution in [0.2, 0.25) is 6.82 Å². The molecule has 35 heavy (non-hydrogen) atoms. The van der Waals surface area contributed by atoms with Gasteiger partial charge in [-0.15, -0.1) is 0 Å². The standard InChI is InChI=1S/C27H34B2N4OS/c1-16-12-21-22(30-27(35-4)32-26(21)34)14-20(16)25-24(19-10-11-19)17(2)13-23(31-25)33(28)29(3)15-18-8-6-5-7-9-18/h5-9,13,16,19-20H,10-12,14-15,28H2,1-4H3,(H,30,32,34). The first-order chi connectivity index (χ1) is 16.9. The van der Waals surface area contributed by atoms with Gasteiger partial charge in [-0.3, -0.25) is 0 Å². The van der Waals surface area contributed by atoms with Gasteiger partial charge < -0.3 is 9.83 Å². The Balaban J connectivity index is 1.50. The maximum absolute atomic E-state index is 10.6. The van der Waals surface area contributed by atoms with Crippen molar-refractivity contribution in [2.75, 3.05) is 11.0 Å². The number of hydrogen-bond acceptors (Lipinski definition) is 6. The minimum Gasteiger partial charge on any atom is -0.493 e. The highest BCUT2D eigenvalue weighted by Gasteiger charge is 2.37. The van der Waals surface area contributed by atoms with Crippen molar-refractivity contribution in [3.63, 3.8) is 0 Å². The van der Waals surface area contributed by atoms with Crippen LogP contribution < -0.4 is 4.72 Å². The largest absolute Gasteiger partial charge is 0.493 e. The van der Waals surface area contributed by atoms with Gasteiger partial charge in [-0.1, -0.05) is 61.4 Å². The monoisotopic (exact) mass is 484 g/mol. The molecule has 8 heteroatoms. The summed E-state index contributed by atoms with van der Waals surface area (Å²) in [5, 5.41) is 11.2. The summed E-state index contributed by atoms with van der Waals surface area (Å²) in [5.41, 5.74) is 7.33. The van der Waals surface area contributed by atoms with Crippen LogP contribution in [-0.2, 0) is 19.2 Å². The van der Waals surface area contributed by atoms with Crippen LogP contribution in [0.25, 0.3) is 0 Å². The summed E-state index contributed by atoms with van der Waals surface area (Å²) in [6.07, 6.45) is 7.04. The van der Waals surface area contributed by atoms with Crippen molar-refractivity contribution in [1.29, 1.82) is 0 Å². The predicted octanol–water partition coefficient (Wildman–Crippen LogP) is 4.76. The molecule has 2 aliphatic carbocycles. The molecule has 1 fully saturated rings. The van der Waals surface area contributed by atoms with Crippen molar-refractivity contribution in [3.8, 4) is 5.88 Å². The molecular weight excluding hydrogens is 450 g/mol. The van der Waals surface area contributed by atoms with Crippen LogP contribution in [-0.4, -0.2) is 41.1 Å². The molecule has 180 valence electrons. The van der Waals surface area contributed by atoms with Gasteiger partial charge >= 0.3 is 0 Å². The first kappa shape index (κ1) is 24.2. The number of hydrogen-bond donors (Lipinski definition) is 1. The van der Waals surface area contributed by atoms with Crippen molar-refractivity contribution in [3.05, 3.63) is 70.0 Å². The van der Waals surface area contributed by atoms with E-state index in [1.54, 1.807) is 0 Å². The van der Waals surface area contributed by atoms with Crippen LogP contribution in [0.3, 0.4) is 0 Å². The predicted molar refractivity (Wildman–Crippen MR) is 149 cm³/mol. The summed E-state index contributed by atoms with van der Waals surface area (Å²) >= 11 is 1.48. The van der Waals surface area contributed by atoms with Crippen LogP contribution in [0.5, 0.6) is 5.88 Å². The van der Waals surface area contributed by atoms with Crippen LogP contribution in [0.1, 0.15) is 65.2 Å². The Morgan fingerprint density at radius 1 is 1.14 bits per heavy atom. The highest BCUT2D eigenvalue weighted by molar-refractivity contribution is 7.98. The van der Waals surface area contributed by atoms with Crippen LogP contribution in [0, 0.1) is 12.8 Å². The Hall–Kier alpha value is -2.47. The van der Waals surface area contributed by atoms with E-state index >= 15 is 0 Å². The van der Waals surface area contributed by atoms with Crippen LogP contribution in [0.4, 0.5) is 5.82 Å². The number of pyridine rings is 1. The first-order valence-electron chi connectivity index (χ1n) is 12.8. The molecule has 0 spiro atoms. The number of aromatic hydroxyl groups is 1. The number of nitrogens with zero attached hydrogens (tertiary/aromatic N) is 4. The third kappa shape index (κ3) is 4.95. The van der Waals surface area contributed by atoms with Crippen LogP contribution >= 0.6 is 11.8 Å². The van der Waals surface area contributed by atoms with E-state index in [2.05, 4.69) is 74.8 Å². The molecule has 2 unspecified atom stereocenters. The molecule has 5 nitrogen and oxygen atoms in total. The van der Waals surface area contributed by atoms with Gasteiger partial charge in [-0.25, -0.2) is 9.97 Å². The van der Waals surface area contributed by atoms with Gasteiger partial charge in [-0.05, 0) is 74.2 Å². The molecule has 2 aliphatic rings. The lowest BCUT2D eigenvalue weighted by atomic mass is 9.56. The molecule has 0 saturated heterocycles. The SMILES string of the molecule is BN(B(C)Cc1ccccc1)c1cc(C)c(C2CC2)c(C2Cc3nc(SC)nc(O)c3CC2C)n1. The average Bonchev–Trinajstić information content (AvgIpc) is 3.68. The lowest BCUT2D eigenvalue weighted by Crippen LogP contribution is -2.38. The molecule has 0 bridgehead atoms. The Morgan fingerprint density at radius 3 is 2.57 bits per heavy atom. The molecular formula is C27H34B2N4OS. The lowest BCUT2D eigenvalue weighted by Gasteiger charge is -2.33. The molecule has 2 heterocycles. The maximum atomic E-state index is 10.6. The van der Waals surface area contributed by atoms with Gasteiger partial charge in [0.25, 0.3) is 0 Å². The average molecular weight is 484 g/mol. The number of benzene rings is 1. The van der Waals surface area contributed by atoms with Crippen molar-refractivity contribution in [1.82, 2.24) is 15.0 Å². The van der Waals surface area contributed by atoms with E-state index in [1.165, 1.54) is 47.0 Å². The summed E-state index contributed by atoms with van der Waals surface area (Å²) in [5.74, 6) is 2.49. The Morgan fingerprint density at radius 2 is 1.89 bits per heavy atom. The van der Waals surface area contributed by atoms with E-state index in [1.807, 2.05) is 6.26 Å². The van der Waals surface area contributed by atoms with Gasteiger partial charge in [0, 0.05) is 11.5 Å². The minimum atomic E-state index is 0.152. The Labute approximate surface area is 214 Å². The number of rotatable bonds is 7. The van der Waals surface area contributed by atoms with Gasteiger partial charge in [0.05, 0.1) is 11.4 Å². The summed E-state index contributed by atoms with van der Waals surface area (Å²) < 4.78 is 2.33. The second kappa shape index (κ2) is 9.88. The zero-order valence-electron chi connectivity index (χ0n) is 21.5. The highest BCUT2D eigenvalue weighted by Crippen LogP contribution is 2.48. The summed E-state index contributed by atoms with van der Waals surface area (Å²) in [6.45, 7) is 7.17. The molecule has 3 aromatic rings. The molecule has 0 amide bonds. The smallest absolute Gasteiger partial charge is 0.243 e. The Bertz CT molecular complexity index is 1220. The fraction of sp³-hybridized carbons (Fsp3) is 0.444. The van der Waals surface area contributed by atoms with E-state index in [-0.39, 0.29) is 5.88 Å². The third-order valence-electron chi connectivity index (χ3n) is 7.87. The number of fused-ring (bicyclic) bond motifs is 1. The van der Waals surface area contributed by atoms with E-state index in [4.69, 9.17) is 9.97 Å². The van der Waals surface area contributed by atoms with Gasteiger partial charge in [-0.2, -0.15) is 4.98 Å². The molecule has 2 atom stereocenters. The second-order valence-electron chi connectivity index (χ2n) is 10.5. The molecule has 1 aromatic carbocycles. The van der Waals surface area contributed by atoms with Crippen LogP contribution in [0.15, 0.2) is 41.6 Å². The van der Waals surface area contributed by atoms with Gasteiger partial charge in [0.1, 0.15) is 5.82 Å². The topological polar surface area (TPSA) is 62.1 Å². The van der Waals surface area contributed by atoms with E-state index in [0.29, 0.717) is 29.8 Å². The number of aryl methyl sites for hydroxylation is 1. The second-order valence-corrected chi connectivity index (χ2v) is 11.2. The number of thioether (sulfide) groups is 1. The first-order valence-corrected chi connectivity index (χ1v) is 14.0. The zero-order chi connectivity index (χ0) is 24.7. The number of anilines is 1. The van der Waals surface area contributed by atoms with Gasteiger partial charge in [0.15, 0.2) is 5.16 Å². The molecule has 0 radical (unpaired) electrons. The minimum absolute atomic E-state index is 0.152. The molecule has 0 aliphatic heterocycles. The summed E-state index contributed by atoms with van der Waals surface area (Å²) in [4.78, 5) is 14.5. The quantitative estimate of drug-likeness (QED) is 0.297.